The third-order valence-electron chi connectivity index (χ3n) is 3.09. The van der Waals surface area contributed by atoms with Crippen LogP contribution in [0.5, 0.6) is 0 Å². The molecule has 2 aromatic rings. The number of pyridine rings is 1. The summed E-state index contributed by atoms with van der Waals surface area (Å²) in [6.07, 6.45) is 2.39. The van der Waals surface area contributed by atoms with Crippen LogP contribution in [0.2, 0.25) is 0 Å². The molecule has 1 heterocycles. The quantitative estimate of drug-likeness (QED) is 0.841. The van der Waals surface area contributed by atoms with Crippen LogP contribution in [0, 0.1) is 0 Å². The highest BCUT2D eigenvalue weighted by atomic mass is 16.1. The molecular formula is C14H18N4O. The van der Waals surface area contributed by atoms with Crippen LogP contribution in [0.4, 0.5) is 5.69 Å². The van der Waals surface area contributed by atoms with Crippen LogP contribution >= 0.6 is 0 Å². The van der Waals surface area contributed by atoms with E-state index in [1.54, 1.807) is 6.20 Å². The van der Waals surface area contributed by atoms with Crippen LogP contribution in [-0.4, -0.2) is 31.0 Å². The van der Waals surface area contributed by atoms with E-state index in [4.69, 9.17) is 11.5 Å². The van der Waals surface area contributed by atoms with E-state index in [1.165, 1.54) is 0 Å². The minimum atomic E-state index is -0.465. The Bertz CT molecular complexity index is 597. The summed E-state index contributed by atoms with van der Waals surface area (Å²) in [5, 5.41) is 0.929. The van der Waals surface area contributed by atoms with Gasteiger partial charge >= 0.3 is 0 Å². The van der Waals surface area contributed by atoms with Gasteiger partial charge in [0.1, 0.15) is 0 Å². The van der Waals surface area contributed by atoms with Crippen LogP contribution in [0.3, 0.4) is 0 Å². The average Bonchev–Trinajstić information content (AvgIpc) is 2.43. The Labute approximate surface area is 112 Å². The molecule has 0 unspecified atom stereocenters. The van der Waals surface area contributed by atoms with Crippen molar-refractivity contribution in [2.24, 2.45) is 11.5 Å². The van der Waals surface area contributed by atoms with Crippen molar-refractivity contribution >= 4 is 22.5 Å². The summed E-state index contributed by atoms with van der Waals surface area (Å²) in [5.41, 5.74) is 13.1. The molecule has 0 aliphatic carbocycles. The Morgan fingerprint density at radius 3 is 2.79 bits per heavy atom. The number of hydrogen-bond donors (Lipinski definition) is 2. The molecule has 0 atom stereocenters. The first-order valence-corrected chi connectivity index (χ1v) is 6.24. The van der Waals surface area contributed by atoms with Gasteiger partial charge in [-0.1, -0.05) is 18.2 Å². The maximum Gasteiger partial charge on any atom is 0.252 e. The van der Waals surface area contributed by atoms with E-state index < -0.39 is 5.91 Å². The smallest absolute Gasteiger partial charge is 0.252 e. The zero-order valence-corrected chi connectivity index (χ0v) is 11.0. The molecule has 2 rings (SSSR count). The fraction of sp³-hybridized carbons (Fsp3) is 0.286. The second-order valence-corrected chi connectivity index (χ2v) is 4.47. The maximum atomic E-state index is 11.6. The van der Waals surface area contributed by atoms with E-state index in [2.05, 4.69) is 4.98 Å². The highest BCUT2D eigenvalue weighted by molar-refractivity contribution is 6.06. The van der Waals surface area contributed by atoms with Crippen molar-refractivity contribution in [3.63, 3.8) is 0 Å². The topological polar surface area (TPSA) is 85.2 Å². The van der Waals surface area contributed by atoms with Gasteiger partial charge in [-0.2, -0.15) is 0 Å². The SMILES string of the molecule is CN(CCCN)c1c(C(N)=O)cnc2ccccc12. The van der Waals surface area contributed by atoms with Crippen molar-refractivity contribution < 1.29 is 4.79 Å². The molecule has 1 amide bonds. The first-order chi connectivity index (χ1) is 9.15. The number of carbonyl (C=O) groups is 1. The van der Waals surface area contributed by atoms with Gasteiger partial charge in [-0.15, -0.1) is 0 Å². The number of amides is 1. The second-order valence-electron chi connectivity index (χ2n) is 4.47. The Morgan fingerprint density at radius 1 is 1.37 bits per heavy atom. The van der Waals surface area contributed by atoms with Crippen LogP contribution in [-0.2, 0) is 0 Å². The van der Waals surface area contributed by atoms with E-state index in [9.17, 15) is 4.79 Å². The highest BCUT2D eigenvalue weighted by Gasteiger charge is 2.16. The van der Waals surface area contributed by atoms with Crippen LogP contribution in [0.25, 0.3) is 10.9 Å². The monoisotopic (exact) mass is 258 g/mol. The molecule has 5 heteroatoms. The van der Waals surface area contributed by atoms with E-state index in [1.807, 2.05) is 36.2 Å². The normalized spacial score (nSPS) is 10.6. The molecule has 0 spiro atoms. The number of para-hydroxylation sites is 1. The molecular weight excluding hydrogens is 240 g/mol. The first-order valence-electron chi connectivity index (χ1n) is 6.24. The molecule has 0 fully saturated rings. The maximum absolute atomic E-state index is 11.6. The number of fused-ring (bicyclic) bond motifs is 1. The standard InChI is InChI=1S/C14H18N4O/c1-18(8-4-7-15)13-10-5-2-3-6-12(10)17-9-11(13)14(16)19/h2-3,5-6,9H,4,7-8,15H2,1H3,(H2,16,19). The molecule has 19 heavy (non-hydrogen) atoms. The van der Waals surface area contributed by atoms with Crippen LogP contribution < -0.4 is 16.4 Å². The number of nitrogens with zero attached hydrogens (tertiary/aromatic N) is 2. The van der Waals surface area contributed by atoms with Crippen molar-refractivity contribution in [1.82, 2.24) is 4.98 Å². The first kappa shape index (κ1) is 13.3. The molecule has 0 aliphatic rings. The Kier molecular flexibility index (Phi) is 3.97. The summed E-state index contributed by atoms with van der Waals surface area (Å²) in [7, 11) is 1.93. The lowest BCUT2D eigenvalue weighted by molar-refractivity contribution is 0.100. The van der Waals surface area contributed by atoms with E-state index >= 15 is 0 Å². The lowest BCUT2D eigenvalue weighted by Crippen LogP contribution is -2.25. The Morgan fingerprint density at radius 2 is 2.11 bits per heavy atom. The Balaban J connectivity index is 2.58. The molecule has 1 aromatic carbocycles. The molecule has 100 valence electrons. The van der Waals surface area contributed by atoms with Gasteiger partial charge in [0.25, 0.3) is 5.91 Å². The highest BCUT2D eigenvalue weighted by Crippen LogP contribution is 2.28. The molecule has 1 aromatic heterocycles. The summed E-state index contributed by atoms with van der Waals surface area (Å²) in [6, 6.07) is 7.71. The van der Waals surface area contributed by atoms with E-state index in [-0.39, 0.29) is 0 Å². The lowest BCUT2D eigenvalue weighted by Gasteiger charge is -2.22. The zero-order valence-electron chi connectivity index (χ0n) is 11.0. The molecule has 5 nitrogen and oxygen atoms in total. The van der Waals surface area contributed by atoms with Crippen molar-refractivity contribution in [2.75, 3.05) is 25.0 Å². The number of aromatic nitrogens is 1. The number of benzene rings is 1. The number of rotatable bonds is 5. The molecule has 4 N–H and O–H groups in total. The third kappa shape index (κ3) is 2.66. The summed E-state index contributed by atoms with van der Waals surface area (Å²) in [5.74, 6) is -0.465. The lowest BCUT2D eigenvalue weighted by atomic mass is 10.1. The molecule has 0 saturated heterocycles. The van der Waals surface area contributed by atoms with Gasteiger partial charge in [0.15, 0.2) is 0 Å². The number of carbonyl (C=O) groups excluding carboxylic acids is 1. The summed E-state index contributed by atoms with van der Waals surface area (Å²) in [4.78, 5) is 17.9. The van der Waals surface area contributed by atoms with Gasteiger partial charge in [-0.3, -0.25) is 9.78 Å². The summed E-state index contributed by atoms with van der Waals surface area (Å²) >= 11 is 0. The predicted octanol–water partition coefficient (Wildman–Crippen LogP) is 1.12. The Hall–Kier alpha value is -2.14. The average molecular weight is 258 g/mol. The van der Waals surface area contributed by atoms with Gasteiger partial charge in [0, 0.05) is 25.2 Å². The van der Waals surface area contributed by atoms with Gasteiger partial charge < -0.3 is 16.4 Å². The molecule has 0 radical (unpaired) electrons. The molecule has 0 aliphatic heterocycles. The number of anilines is 1. The second kappa shape index (κ2) is 5.67. The van der Waals surface area contributed by atoms with Crippen molar-refractivity contribution in [3.8, 4) is 0 Å². The van der Waals surface area contributed by atoms with Crippen LogP contribution in [0.15, 0.2) is 30.5 Å². The number of hydrogen-bond acceptors (Lipinski definition) is 4. The largest absolute Gasteiger partial charge is 0.373 e. The zero-order chi connectivity index (χ0) is 13.8. The third-order valence-corrected chi connectivity index (χ3v) is 3.09. The van der Waals surface area contributed by atoms with Crippen LogP contribution in [0.1, 0.15) is 16.8 Å². The van der Waals surface area contributed by atoms with Gasteiger partial charge in [0.2, 0.25) is 0 Å². The summed E-state index contributed by atoms with van der Waals surface area (Å²) < 4.78 is 0. The summed E-state index contributed by atoms with van der Waals surface area (Å²) in [6.45, 7) is 1.38. The predicted molar refractivity (Wildman–Crippen MR) is 77.2 cm³/mol. The molecule has 0 bridgehead atoms. The van der Waals surface area contributed by atoms with Gasteiger partial charge in [-0.25, -0.2) is 0 Å². The number of nitrogens with two attached hydrogens (primary N) is 2. The van der Waals surface area contributed by atoms with E-state index in [0.717, 1.165) is 29.6 Å². The van der Waals surface area contributed by atoms with E-state index in [0.29, 0.717) is 12.1 Å². The fourth-order valence-corrected chi connectivity index (χ4v) is 2.16. The van der Waals surface area contributed by atoms with Crippen molar-refractivity contribution in [3.05, 3.63) is 36.0 Å². The van der Waals surface area contributed by atoms with Crippen molar-refractivity contribution in [1.29, 1.82) is 0 Å². The van der Waals surface area contributed by atoms with Gasteiger partial charge in [-0.05, 0) is 19.0 Å². The van der Waals surface area contributed by atoms with Crippen molar-refractivity contribution in [2.45, 2.75) is 6.42 Å². The van der Waals surface area contributed by atoms with Gasteiger partial charge in [0.05, 0.1) is 16.8 Å². The molecule has 0 saturated carbocycles. The minimum Gasteiger partial charge on any atom is -0.373 e. The fourth-order valence-electron chi connectivity index (χ4n) is 2.16. The number of primary amides is 1. The minimum absolute atomic E-state index is 0.443.